The van der Waals surface area contributed by atoms with Crippen LogP contribution in [-0.4, -0.2) is 21.1 Å². The van der Waals surface area contributed by atoms with Gasteiger partial charge >= 0.3 is 6.01 Å². The third kappa shape index (κ3) is 2.50. The molecular weight excluding hydrogens is 264 g/mol. The quantitative estimate of drug-likeness (QED) is 0.792. The molecule has 0 aliphatic heterocycles. The van der Waals surface area contributed by atoms with Crippen LogP contribution < -0.4 is 5.32 Å². The second-order valence-electron chi connectivity index (χ2n) is 3.58. The van der Waals surface area contributed by atoms with E-state index in [-0.39, 0.29) is 11.9 Å². The van der Waals surface area contributed by atoms with Gasteiger partial charge in [0.25, 0.3) is 5.91 Å². The second kappa shape index (κ2) is 4.99. The molecule has 1 amide bonds. The Bertz CT molecular complexity index is 679. The van der Waals surface area contributed by atoms with Crippen LogP contribution in [0.1, 0.15) is 9.67 Å². The molecule has 7 heteroatoms. The van der Waals surface area contributed by atoms with Gasteiger partial charge in [-0.3, -0.25) is 15.1 Å². The molecule has 0 aromatic carbocycles. The van der Waals surface area contributed by atoms with Crippen LogP contribution in [0.5, 0.6) is 0 Å². The molecule has 0 saturated carbocycles. The number of nitrogens with one attached hydrogen (secondary N) is 1. The van der Waals surface area contributed by atoms with Gasteiger partial charge in [0.1, 0.15) is 0 Å². The van der Waals surface area contributed by atoms with Crippen molar-refractivity contribution in [1.82, 2.24) is 15.2 Å². The van der Waals surface area contributed by atoms with Crippen molar-refractivity contribution in [2.45, 2.75) is 0 Å². The summed E-state index contributed by atoms with van der Waals surface area (Å²) in [7, 11) is 0. The van der Waals surface area contributed by atoms with E-state index in [1.807, 2.05) is 5.38 Å². The molecule has 0 aliphatic rings. The van der Waals surface area contributed by atoms with Crippen LogP contribution in [-0.2, 0) is 0 Å². The van der Waals surface area contributed by atoms with E-state index in [0.717, 1.165) is 5.56 Å². The van der Waals surface area contributed by atoms with Crippen LogP contribution in [0, 0.1) is 0 Å². The van der Waals surface area contributed by atoms with Gasteiger partial charge in [0, 0.05) is 18.0 Å². The number of aromatic nitrogens is 3. The van der Waals surface area contributed by atoms with Crippen LogP contribution in [0.2, 0.25) is 0 Å². The zero-order chi connectivity index (χ0) is 13.1. The lowest BCUT2D eigenvalue weighted by Crippen LogP contribution is -2.10. The molecule has 0 saturated heterocycles. The van der Waals surface area contributed by atoms with Crippen LogP contribution in [0.15, 0.2) is 46.5 Å². The SMILES string of the molecule is O=C(Nc1nnc(-c2ccncc2)o1)c1cccs1. The Kier molecular flexibility index (Phi) is 3.03. The molecule has 1 N–H and O–H groups in total. The van der Waals surface area contributed by atoms with Gasteiger partial charge in [-0.1, -0.05) is 11.2 Å². The molecule has 3 rings (SSSR count). The van der Waals surface area contributed by atoms with Crippen molar-refractivity contribution >= 4 is 23.3 Å². The molecule has 0 unspecified atom stereocenters. The largest absolute Gasteiger partial charge is 0.403 e. The summed E-state index contributed by atoms with van der Waals surface area (Å²) < 4.78 is 5.36. The average molecular weight is 272 g/mol. The van der Waals surface area contributed by atoms with E-state index in [9.17, 15) is 4.79 Å². The Morgan fingerprint density at radius 2 is 2.05 bits per heavy atom. The minimum Gasteiger partial charge on any atom is -0.403 e. The minimum atomic E-state index is -0.264. The van der Waals surface area contributed by atoms with Gasteiger partial charge < -0.3 is 4.42 Å². The van der Waals surface area contributed by atoms with Crippen molar-refractivity contribution in [3.05, 3.63) is 46.9 Å². The van der Waals surface area contributed by atoms with Gasteiger partial charge in [-0.05, 0) is 23.6 Å². The molecule has 0 aliphatic carbocycles. The highest BCUT2D eigenvalue weighted by atomic mass is 32.1. The summed E-state index contributed by atoms with van der Waals surface area (Å²) in [5, 5.41) is 12.0. The molecule has 94 valence electrons. The van der Waals surface area contributed by atoms with Gasteiger partial charge in [-0.15, -0.1) is 16.4 Å². The van der Waals surface area contributed by atoms with E-state index in [1.165, 1.54) is 11.3 Å². The number of nitrogens with zero attached hydrogens (tertiary/aromatic N) is 3. The Morgan fingerprint density at radius 3 is 2.79 bits per heavy atom. The number of rotatable bonds is 3. The van der Waals surface area contributed by atoms with Crippen molar-refractivity contribution in [2.24, 2.45) is 0 Å². The summed E-state index contributed by atoms with van der Waals surface area (Å²) >= 11 is 1.34. The molecule has 0 radical (unpaired) electrons. The molecular formula is C12H8N4O2S. The first kappa shape index (κ1) is 11.5. The highest BCUT2D eigenvalue weighted by Gasteiger charge is 2.12. The molecule has 3 aromatic rings. The fraction of sp³-hybridized carbons (Fsp3) is 0. The molecule has 19 heavy (non-hydrogen) atoms. The topological polar surface area (TPSA) is 80.9 Å². The molecule has 0 atom stereocenters. The summed E-state index contributed by atoms with van der Waals surface area (Å²) in [5.41, 5.74) is 0.749. The van der Waals surface area contributed by atoms with E-state index in [0.29, 0.717) is 10.8 Å². The van der Waals surface area contributed by atoms with E-state index < -0.39 is 0 Å². The number of amides is 1. The van der Waals surface area contributed by atoms with E-state index >= 15 is 0 Å². The van der Waals surface area contributed by atoms with Gasteiger partial charge in [0.15, 0.2) is 0 Å². The standard InChI is InChI=1S/C12H8N4O2S/c17-10(9-2-1-7-19-9)14-12-16-15-11(18-12)8-3-5-13-6-4-8/h1-7H,(H,14,16,17). The molecule has 0 fully saturated rings. The highest BCUT2D eigenvalue weighted by molar-refractivity contribution is 7.12. The lowest BCUT2D eigenvalue weighted by molar-refractivity contribution is 0.102. The zero-order valence-corrected chi connectivity index (χ0v) is 10.4. The summed E-state index contributed by atoms with van der Waals surface area (Å²) in [5.74, 6) is 0.0730. The van der Waals surface area contributed by atoms with Crippen molar-refractivity contribution in [3.63, 3.8) is 0 Å². The Balaban J connectivity index is 1.77. The minimum absolute atomic E-state index is 0.0743. The third-order valence-electron chi connectivity index (χ3n) is 2.32. The van der Waals surface area contributed by atoms with Gasteiger partial charge in [0.05, 0.1) is 4.88 Å². The fourth-order valence-corrected chi connectivity index (χ4v) is 2.07. The summed E-state index contributed by atoms with van der Waals surface area (Å²) in [6.07, 6.45) is 3.26. The number of anilines is 1. The summed E-state index contributed by atoms with van der Waals surface area (Å²) in [6, 6.07) is 7.09. The van der Waals surface area contributed by atoms with Gasteiger partial charge in [-0.25, -0.2) is 0 Å². The Labute approximate surface area is 112 Å². The van der Waals surface area contributed by atoms with Crippen LogP contribution >= 0.6 is 11.3 Å². The number of pyridine rings is 1. The number of thiophene rings is 1. The average Bonchev–Trinajstić information content (AvgIpc) is 3.11. The summed E-state index contributed by atoms with van der Waals surface area (Å²) in [6.45, 7) is 0. The predicted octanol–water partition coefficient (Wildman–Crippen LogP) is 2.45. The first-order valence-electron chi connectivity index (χ1n) is 5.42. The molecule has 0 spiro atoms. The lowest BCUT2D eigenvalue weighted by Gasteiger charge is -1.96. The monoisotopic (exact) mass is 272 g/mol. The second-order valence-corrected chi connectivity index (χ2v) is 4.53. The van der Waals surface area contributed by atoms with E-state index in [1.54, 1.807) is 36.7 Å². The normalized spacial score (nSPS) is 10.3. The van der Waals surface area contributed by atoms with Crippen molar-refractivity contribution in [1.29, 1.82) is 0 Å². The van der Waals surface area contributed by atoms with E-state index in [2.05, 4.69) is 20.5 Å². The van der Waals surface area contributed by atoms with Crippen LogP contribution in [0.3, 0.4) is 0 Å². The Hall–Kier alpha value is -2.54. The first-order chi connectivity index (χ1) is 9.33. The number of carbonyl (C=O) groups is 1. The third-order valence-corrected chi connectivity index (χ3v) is 3.19. The molecule has 3 heterocycles. The summed E-state index contributed by atoms with van der Waals surface area (Å²) in [4.78, 5) is 16.3. The van der Waals surface area contributed by atoms with Gasteiger partial charge in [-0.2, -0.15) is 0 Å². The van der Waals surface area contributed by atoms with Crippen LogP contribution in [0.25, 0.3) is 11.5 Å². The number of hydrogen-bond acceptors (Lipinski definition) is 6. The zero-order valence-electron chi connectivity index (χ0n) is 9.61. The lowest BCUT2D eigenvalue weighted by atomic mass is 10.3. The molecule has 0 bridgehead atoms. The van der Waals surface area contributed by atoms with E-state index in [4.69, 9.17) is 4.42 Å². The van der Waals surface area contributed by atoms with Crippen molar-refractivity contribution < 1.29 is 9.21 Å². The predicted molar refractivity (Wildman–Crippen MR) is 69.8 cm³/mol. The number of carbonyl (C=O) groups excluding carboxylic acids is 1. The maximum atomic E-state index is 11.8. The van der Waals surface area contributed by atoms with Crippen LogP contribution in [0.4, 0.5) is 6.01 Å². The smallest absolute Gasteiger partial charge is 0.322 e. The van der Waals surface area contributed by atoms with Crippen molar-refractivity contribution in [3.8, 4) is 11.5 Å². The number of hydrogen-bond donors (Lipinski definition) is 1. The van der Waals surface area contributed by atoms with Crippen molar-refractivity contribution in [2.75, 3.05) is 5.32 Å². The molecule has 6 nitrogen and oxygen atoms in total. The first-order valence-corrected chi connectivity index (χ1v) is 6.29. The maximum Gasteiger partial charge on any atom is 0.322 e. The molecule has 3 aromatic heterocycles. The maximum absolute atomic E-state index is 11.8. The fourth-order valence-electron chi connectivity index (χ4n) is 1.45. The highest BCUT2D eigenvalue weighted by Crippen LogP contribution is 2.19. The van der Waals surface area contributed by atoms with Gasteiger partial charge in [0.2, 0.25) is 5.89 Å². The Morgan fingerprint density at radius 1 is 1.21 bits per heavy atom.